The number of hydrogen-bond acceptors (Lipinski definition) is 7. The largest absolute Gasteiger partial charge is 0.465 e. The third kappa shape index (κ3) is 5.48. The molecule has 0 aromatic heterocycles. The summed E-state index contributed by atoms with van der Waals surface area (Å²) in [6, 6.07) is 16.8. The minimum absolute atomic E-state index is 0.185. The van der Waals surface area contributed by atoms with Gasteiger partial charge in [0.1, 0.15) is 0 Å². The lowest BCUT2D eigenvalue weighted by Crippen LogP contribution is -2.21. The molecule has 0 aliphatic carbocycles. The van der Waals surface area contributed by atoms with Crippen LogP contribution in [0.15, 0.2) is 66.7 Å². The highest BCUT2D eigenvalue weighted by Gasteiger charge is 2.28. The average molecular weight is 447 g/mol. The molecule has 0 aliphatic heterocycles. The van der Waals surface area contributed by atoms with E-state index in [1.54, 1.807) is 48.5 Å². The van der Waals surface area contributed by atoms with E-state index in [0.717, 1.165) is 36.4 Å². The fraction of sp³-hybridized carbons (Fsp3) is 0.160. The average Bonchev–Trinajstić information content (AvgIpc) is 2.82. The molecule has 0 saturated carbocycles. The van der Waals surface area contributed by atoms with Gasteiger partial charge in [-0.3, -0.25) is 14.9 Å². The van der Waals surface area contributed by atoms with Crippen molar-refractivity contribution in [3.05, 3.63) is 110 Å². The standard InChI is InChI=1S/C25H21NO7/c1-15-4-8-17(9-5-15)22(27)23(18-10-6-16(2)7-11-18)33-25(29)20-12-19(24(28)32-3)13-21(14-20)26(30)31/h4-14,23H,1-3H3. The van der Waals surface area contributed by atoms with Crippen molar-refractivity contribution in [2.24, 2.45) is 0 Å². The van der Waals surface area contributed by atoms with E-state index in [1.807, 2.05) is 13.8 Å². The van der Waals surface area contributed by atoms with Gasteiger partial charge in [-0.15, -0.1) is 0 Å². The third-order valence-corrected chi connectivity index (χ3v) is 4.96. The van der Waals surface area contributed by atoms with Gasteiger partial charge in [0.2, 0.25) is 5.78 Å². The quantitative estimate of drug-likeness (QED) is 0.222. The lowest BCUT2D eigenvalue weighted by Gasteiger charge is -2.18. The van der Waals surface area contributed by atoms with Gasteiger partial charge >= 0.3 is 11.9 Å². The first-order chi connectivity index (χ1) is 15.7. The Labute approximate surface area is 189 Å². The van der Waals surface area contributed by atoms with Crippen molar-refractivity contribution in [3.8, 4) is 0 Å². The number of ether oxygens (including phenoxy) is 2. The normalized spacial score (nSPS) is 11.4. The molecule has 0 amide bonds. The van der Waals surface area contributed by atoms with Gasteiger partial charge in [-0.05, 0) is 19.9 Å². The molecule has 3 aromatic carbocycles. The number of nitrogens with zero attached hydrogens (tertiary/aromatic N) is 1. The number of nitro benzene ring substituents is 1. The molecular formula is C25H21NO7. The van der Waals surface area contributed by atoms with Crippen LogP contribution in [0.1, 0.15) is 53.9 Å². The molecule has 8 heteroatoms. The SMILES string of the molecule is COC(=O)c1cc(C(=O)OC(C(=O)c2ccc(C)cc2)c2ccc(C)cc2)cc([N+](=O)[O-])c1. The molecule has 168 valence electrons. The Hall–Kier alpha value is -4.33. The molecule has 0 aliphatic rings. The van der Waals surface area contributed by atoms with E-state index < -0.39 is 34.4 Å². The molecule has 8 nitrogen and oxygen atoms in total. The van der Waals surface area contributed by atoms with Gasteiger partial charge in [-0.25, -0.2) is 9.59 Å². The number of carbonyl (C=O) groups excluding carboxylic acids is 3. The number of non-ortho nitro benzene ring substituents is 1. The zero-order valence-corrected chi connectivity index (χ0v) is 18.2. The fourth-order valence-electron chi connectivity index (χ4n) is 3.13. The maximum atomic E-state index is 13.2. The van der Waals surface area contributed by atoms with Crippen LogP contribution >= 0.6 is 0 Å². The second-order valence-electron chi connectivity index (χ2n) is 7.44. The van der Waals surface area contributed by atoms with Crippen molar-refractivity contribution in [1.29, 1.82) is 0 Å². The minimum Gasteiger partial charge on any atom is -0.465 e. The first kappa shape index (κ1) is 23.3. The van der Waals surface area contributed by atoms with Crippen LogP contribution in [0.2, 0.25) is 0 Å². The van der Waals surface area contributed by atoms with E-state index in [1.165, 1.54) is 0 Å². The predicted molar refractivity (Wildman–Crippen MR) is 119 cm³/mol. The van der Waals surface area contributed by atoms with Crippen LogP contribution in [0.4, 0.5) is 5.69 Å². The second kappa shape index (κ2) is 9.86. The molecule has 0 radical (unpaired) electrons. The van der Waals surface area contributed by atoms with Crippen molar-refractivity contribution in [2.75, 3.05) is 7.11 Å². The smallest absolute Gasteiger partial charge is 0.339 e. The zero-order chi connectivity index (χ0) is 24.1. The second-order valence-corrected chi connectivity index (χ2v) is 7.44. The molecular weight excluding hydrogens is 426 g/mol. The summed E-state index contributed by atoms with van der Waals surface area (Å²) in [5, 5.41) is 11.3. The van der Waals surface area contributed by atoms with Gasteiger partial charge in [-0.2, -0.15) is 0 Å². The summed E-state index contributed by atoms with van der Waals surface area (Å²) in [5.41, 5.74) is 1.78. The van der Waals surface area contributed by atoms with Crippen molar-refractivity contribution in [2.45, 2.75) is 20.0 Å². The Morgan fingerprint density at radius 1 is 0.788 bits per heavy atom. The number of rotatable bonds is 7. The van der Waals surface area contributed by atoms with Gasteiger partial charge in [-0.1, -0.05) is 59.7 Å². The highest BCUT2D eigenvalue weighted by molar-refractivity contribution is 6.03. The maximum Gasteiger partial charge on any atom is 0.339 e. The number of ketones is 1. The van der Waals surface area contributed by atoms with Crippen molar-refractivity contribution < 1.29 is 28.8 Å². The number of benzene rings is 3. The summed E-state index contributed by atoms with van der Waals surface area (Å²) in [5.74, 6) is -2.29. The van der Waals surface area contributed by atoms with Crippen molar-refractivity contribution in [1.82, 2.24) is 0 Å². The Morgan fingerprint density at radius 2 is 1.30 bits per heavy atom. The Morgan fingerprint density at radius 3 is 1.82 bits per heavy atom. The van der Waals surface area contributed by atoms with Crippen LogP contribution in [-0.2, 0) is 9.47 Å². The van der Waals surface area contributed by atoms with Crippen molar-refractivity contribution >= 4 is 23.4 Å². The number of esters is 2. The van der Waals surface area contributed by atoms with Crippen LogP contribution < -0.4 is 0 Å². The molecule has 0 bridgehead atoms. The molecule has 1 unspecified atom stereocenters. The summed E-state index contributed by atoms with van der Waals surface area (Å²) >= 11 is 0. The molecule has 0 saturated heterocycles. The Kier molecular flexibility index (Phi) is 6.97. The van der Waals surface area contributed by atoms with E-state index >= 15 is 0 Å². The van der Waals surface area contributed by atoms with Crippen molar-refractivity contribution in [3.63, 3.8) is 0 Å². The van der Waals surface area contributed by atoms with Crippen LogP contribution in [-0.4, -0.2) is 29.8 Å². The minimum atomic E-state index is -1.29. The summed E-state index contributed by atoms with van der Waals surface area (Å²) in [6.45, 7) is 3.76. The molecule has 0 spiro atoms. The molecule has 0 heterocycles. The first-order valence-electron chi connectivity index (χ1n) is 9.96. The number of methoxy groups -OCH3 is 1. The Bertz CT molecular complexity index is 1210. The molecule has 3 rings (SSSR count). The van der Waals surface area contributed by atoms with Crippen LogP contribution in [0.3, 0.4) is 0 Å². The topological polar surface area (TPSA) is 113 Å². The Balaban J connectivity index is 2.01. The fourth-order valence-corrected chi connectivity index (χ4v) is 3.13. The molecule has 1 atom stereocenters. The van der Waals surface area contributed by atoms with Gasteiger partial charge < -0.3 is 9.47 Å². The van der Waals surface area contributed by atoms with Crippen LogP contribution in [0, 0.1) is 24.0 Å². The third-order valence-electron chi connectivity index (χ3n) is 4.96. The number of aryl methyl sites for hydroxylation is 2. The van der Waals surface area contributed by atoms with Gasteiger partial charge in [0.25, 0.3) is 5.69 Å². The first-order valence-corrected chi connectivity index (χ1v) is 9.96. The summed E-state index contributed by atoms with van der Waals surface area (Å²) in [4.78, 5) is 48.7. The van der Waals surface area contributed by atoms with Gasteiger partial charge in [0.15, 0.2) is 6.10 Å². The lowest BCUT2D eigenvalue weighted by atomic mass is 9.98. The highest BCUT2D eigenvalue weighted by atomic mass is 16.6. The molecule has 0 fully saturated rings. The monoisotopic (exact) mass is 447 g/mol. The van der Waals surface area contributed by atoms with E-state index in [0.29, 0.717) is 11.1 Å². The summed E-state index contributed by atoms with van der Waals surface area (Å²) in [7, 11) is 1.12. The number of hydrogen-bond donors (Lipinski definition) is 0. The lowest BCUT2D eigenvalue weighted by molar-refractivity contribution is -0.384. The zero-order valence-electron chi connectivity index (χ0n) is 18.2. The van der Waals surface area contributed by atoms with Gasteiger partial charge in [0, 0.05) is 23.3 Å². The number of nitro groups is 1. The van der Waals surface area contributed by atoms with E-state index in [-0.39, 0.29) is 11.1 Å². The number of carbonyl (C=O) groups is 3. The summed E-state index contributed by atoms with van der Waals surface area (Å²) in [6.07, 6.45) is -1.29. The molecule has 3 aromatic rings. The maximum absolute atomic E-state index is 13.2. The van der Waals surface area contributed by atoms with Crippen LogP contribution in [0.5, 0.6) is 0 Å². The highest BCUT2D eigenvalue weighted by Crippen LogP contribution is 2.26. The van der Waals surface area contributed by atoms with E-state index in [4.69, 9.17) is 4.74 Å². The van der Waals surface area contributed by atoms with E-state index in [9.17, 15) is 24.5 Å². The predicted octanol–water partition coefficient (Wildman–Crippen LogP) is 4.78. The molecule has 0 N–H and O–H groups in total. The van der Waals surface area contributed by atoms with Crippen LogP contribution in [0.25, 0.3) is 0 Å². The molecule has 33 heavy (non-hydrogen) atoms. The van der Waals surface area contributed by atoms with Gasteiger partial charge in [0.05, 0.1) is 23.2 Å². The van der Waals surface area contributed by atoms with E-state index in [2.05, 4.69) is 4.74 Å². The number of Topliss-reactive ketones (excluding diaryl/α,β-unsaturated/α-hetero) is 1. The summed E-state index contributed by atoms with van der Waals surface area (Å²) < 4.78 is 10.2.